The smallest absolute Gasteiger partial charge is 0.319 e. The van der Waals surface area contributed by atoms with E-state index in [1.165, 1.54) is 0 Å². The molecule has 128 valence electrons. The van der Waals surface area contributed by atoms with Gasteiger partial charge in [-0.3, -0.25) is 0 Å². The number of urea groups is 1. The molecule has 2 aromatic rings. The number of rotatable bonds is 5. The van der Waals surface area contributed by atoms with E-state index in [2.05, 4.69) is 36.6 Å². The zero-order valence-corrected chi connectivity index (χ0v) is 15.4. The molecule has 0 spiro atoms. The number of pyridine rings is 1. The van der Waals surface area contributed by atoms with Crippen LogP contribution in [0.1, 0.15) is 27.2 Å². The van der Waals surface area contributed by atoms with Crippen LogP contribution in [0, 0.1) is 0 Å². The van der Waals surface area contributed by atoms with Gasteiger partial charge in [0.05, 0.1) is 23.4 Å². The van der Waals surface area contributed by atoms with Crippen LogP contribution in [-0.2, 0) is 4.74 Å². The Morgan fingerprint density at radius 1 is 1.54 bits per heavy atom. The molecule has 2 aromatic heterocycles. The minimum Gasteiger partial charge on any atom is -0.370 e. The maximum atomic E-state index is 12.3. The summed E-state index contributed by atoms with van der Waals surface area (Å²) in [7, 11) is 0. The summed E-state index contributed by atoms with van der Waals surface area (Å²) in [6.07, 6.45) is 6.03. The van der Waals surface area contributed by atoms with Gasteiger partial charge in [0.15, 0.2) is 5.82 Å². The summed E-state index contributed by atoms with van der Waals surface area (Å²) in [5, 5.41) is 9.95. The second-order valence-electron chi connectivity index (χ2n) is 6.31. The molecule has 0 unspecified atom stereocenters. The van der Waals surface area contributed by atoms with Crippen molar-refractivity contribution in [2.75, 3.05) is 5.32 Å². The number of nitrogens with one attached hydrogen (secondary N) is 2. The summed E-state index contributed by atoms with van der Waals surface area (Å²) in [6, 6.07) is 3.31. The fourth-order valence-corrected chi connectivity index (χ4v) is 2.97. The van der Waals surface area contributed by atoms with E-state index in [4.69, 9.17) is 4.74 Å². The number of anilines is 1. The highest BCUT2D eigenvalue weighted by molar-refractivity contribution is 9.10. The van der Waals surface area contributed by atoms with Gasteiger partial charge in [-0.2, -0.15) is 5.10 Å². The molecular weight excluding hydrogens is 374 g/mol. The summed E-state index contributed by atoms with van der Waals surface area (Å²) in [6.45, 7) is 5.99. The third-order valence-corrected chi connectivity index (χ3v) is 4.23. The first kappa shape index (κ1) is 16.9. The Hall–Kier alpha value is -1.93. The van der Waals surface area contributed by atoms with Gasteiger partial charge in [0, 0.05) is 29.5 Å². The van der Waals surface area contributed by atoms with Crippen LogP contribution in [0.4, 0.5) is 10.5 Å². The number of ether oxygens (including phenoxy) is 1. The first-order chi connectivity index (χ1) is 11.4. The lowest BCUT2D eigenvalue weighted by molar-refractivity contribution is -0.00449. The largest absolute Gasteiger partial charge is 0.370 e. The molecule has 8 heteroatoms. The molecule has 1 aliphatic carbocycles. The second-order valence-corrected chi connectivity index (χ2v) is 7.23. The normalized spacial score (nSPS) is 22.5. The molecule has 2 heterocycles. The molecule has 2 N–H and O–H groups in total. The molecular formula is C16H20BrN5O2. The lowest BCUT2D eigenvalue weighted by Gasteiger charge is -2.17. The van der Waals surface area contributed by atoms with Gasteiger partial charge < -0.3 is 15.4 Å². The number of hydrogen-bond acceptors (Lipinski definition) is 4. The van der Waals surface area contributed by atoms with Crippen molar-refractivity contribution in [3.63, 3.8) is 0 Å². The standard InChI is InChI=1S/C16H20BrN5O2/c1-10(2)24-16(3)8-13(16)21-15(23)20-12-7-11(17)9-18-14(12)22-6-4-5-19-22/h4-7,9-10,13H,8H2,1-3H3,(H2,20,21,23)/t13-,16+/m1/s1. The first-order valence-electron chi connectivity index (χ1n) is 7.78. The minimum atomic E-state index is -0.288. The fourth-order valence-electron chi connectivity index (χ4n) is 2.64. The highest BCUT2D eigenvalue weighted by Gasteiger charge is 2.53. The lowest BCUT2D eigenvalue weighted by Crippen LogP contribution is -2.36. The van der Waals surface area contributed by atoms with Crippen LogP contribution in [-0.4, -0.2) is 38.5 Å². The Labute approximate surface area is 148 Å². The van der Waals surface area contributed by atoms with Gasteiger partial charge >= 0.3 is 6.03 Å². The van der Waals surface area contributed by atoms with E-state index in [-0.39, 0.29) is 23.8 Å². The minimum absolute atomic E-state index is 0.00756. The summed E-state index contributed by atoms with van der Waals surface area (Å²) >= 11 is 3.37. The fraction of sp³-hybridized carbons (Fsp3) is 0.438. The van der Waals surface area contributed by atoms with Gasteiger partial charge in [-0.25, -0.2) is 14.5 Å². The molecule has 2 amide bonds. The lowest BCUT2D eigenvalue weighted by atomic mass is 10.3. The Kier molecular flexibility index (Phi) is 4.60. The van der Waals surface area contributed by atoms with Crippen LogP contribution in [0.25, 0.3) is 5.82 Å². The monoisotopic (exact) mass is 393 g/mol. The van der Waals surface area contributed by atoms with Crippen LogP contribution < -0.4 is 10.6 Å². The number of amides is 2. The van der Waals surface area contributed by atoms with Crippen molar-refractivity contribution in [2.24, 2.45) is 0 Å². The maximum Gasteiger partial charge on any atom is 0.319 e. The van der Waals surface area contributed by atoms with E-state index in [0.717, 1.165) is 10.9 Å². The van der Waals surface area contributed by atoms with Gasteiger partial charge in [-0.15, -0.1) is 0 Å². The number of aromatic nitrogens is 3. The number of nitrogens with zero attached hydrogens (tertiary/aromatic N) is 3. The Morgan fingerprint density at radius 3 is 3.00 bits per heavy atom. The number of hydrogen-bond donors (Lipinski definition) is 2. The first-order valence-corrected chi connectivity index (χ1v) is 8.57. The van der Waals surface area contributed by atoms with Crippen LogP contribution in [0.3, 0.4) is 0 Å². The van der Waals surface area contributed by atoms with Crippen molar-refractivity contribution in [3.8, 4) is 5.82 Å². The van der Waals surface area contributed by atoms with Crippen molar-refractivity contribution < 1.29 is 9.53 Å². The van der Waals surface area contributed by atoms with Crippen LogP contribution >= 0.6 is 15.9 Å². The van der Waals surface area contributed by atoms with Gasteiger partial charge in [0.25, 0.3) is 0 Å². The molecule has 7 nitrogen and oxygen atoms in total. The molecule has 24 heavy (non-hydrogen) atoms. The highest BCUT2D eigenvalue weighted by atomic mass is 79.9. The molecule has 1 fully saturated rings. The Balaban J connectivity index is 1.68. The molecule has 1 saturated carbocycles. The van der Waals surface area contributed by atoms with E-state index in [9.17, 15) is 4.79 Å². The maximum absolute atomic E-state index is 12.3. The van der Waals surface area contributed by atoms with Crippen LogP contribution in [0.15, 0.2) is 35.2 Å². The van der Waals surface area contributed by atoms with Crippen molar-refractivity contribution in [2.45, 2.75) is 44.9 Å². The summed E-state index contributed by atoms with van der Waals surface area (Å²) in [4.78, 5) is 16.6. The van der Waals surface area contributed by atoms with E-state index in [0.29, 0.717) is 11.5 Å². The number of halogens is 1. The topological polar surface area (TPSA) is 81.1 Å². The van der Waals surface area contributed by atoms with Gasteiger partial charge in [-0.1, -0.05) is 0 Å². The average molecular weight is 394 g/mol. The van der Waals surface area contributed by atoms with Crippen molar-refractivity contribution in [1.29, 1.82) is 0 Å². The number of carbonyl (C=O) groups excluding carboxylic acids is 1. The van der Waals surface area contributed by atoms with Crippen LogP contribution in [0.5, 0.6) is 0 Å². The highest BCUT2D eigenvalue weighted by Crippen LogP contribution is 2.40. The molecule has 1 aliphatic rings. The molecule has 0 aliphatic heterocycles. The van der Waals surface area contributed by atoms with Gasteiger partial charge in [-0.05, 0) is 48.8 Å². The third kappa shape index (κ3) is 3.76. The van der Waals surface area contributed by atoms with E-state index >= 15 is 0 Å². The average Bonchev–Trinajstić information content (AvgIpc) is 2.89. The summed E-state index contributed by atoms with van der Waals surface area (Å²) < 4.78 is 8.21. The predicted octanol–water partition coefficient (Wildman–Crippen LogP) is 3.11. The van der Waals surface area contributed by atoms with E-state index in [1.54, 1.807) is 35.4 Å². The molecule has 3 rings (SSSR count). The summed E-state index contributed by atoms with van der Waals surface area (Å²) in [5.41, 5.74) is 0.281. The second kappa shape index (κ2) is 6.52. The van der Waals surface area contributed by atoms with Crippen molar-refractivity contribution >= 4 is 27.6 Å². The Morgan fingerprint density at radius 2 is 2.33 bits per heavy atom. The van der Waals surface area contributed by atoms with E-state index < -0.39 is 0 Å². The van der Waals surface area contributed by atoms with Gasteiger partial charge in [0.2, 0.25) is 0 Å². The van der Waals surface area contributed by atoms with Gasteiger partial charge in [0.1, 0.15) is 0 Å². The zero-order valence-electron chi connectivity index (χ0n) is 13.8. The van der Waals surface area contributed by atoms with Crippen LogP contribution in [0.2, 0.25) is 0 Å². The summed E-state index contributed by atoms with van der Waals surface area (Å²) in [5.74, 6) is 0.551. The third-order valence-electron chi connectivity index (χ3n) is 3.80. The zero-order chi connectivity index (χ0) is 17.3. The van der Waals surface area contributed by atoms with Crippen molar-refractivity contribution in [1.82, 2.24) is 20.1 Å². The molecule has 0 saturated heterocycles. The van der Waals surface area contributed by atoms with Crippen molar-refractivity contribution in [3.05, 3.63) is 35.2 Å². The molecule has 2 atom stereocenters. The predicted molar refractivity (Wildman–Crippen MR) is 94.2 cm³/mol. The molecule has 0 aromatic carbocycles. The number of carbonyl (C=O) groups is 1. The Bertz CT molecular complexity index is 734. The van der Waals surface area contributed by atoms with E-state index in [1.807, 2.05) is 20.8 Å². The molecule has 0 bridgehead atoms. The molecule has 0 radical (unpaired) electrons. The SMILES string of the molecule is CC(C)O[C@@]1(C)C[C@H]1NC(=O)Nc1cc(Br)cnc1-n1cccn1. The quantitative estimate of drug-likeness (QED) is 0.817.